The molecule has 0 atom stereocenters. The van der Waals surface area contributed by atoms with Gasteiger partial charge in [-0.05, 0) is 18.9 Å². The van der Waals surface area contributed by atoms with Crippen LogP contribution < -0.4 is 5.56 Å². The molecule has 0 aliphatic carbocycles. The lowest BCUT2D eigenvalue weighted by atomic mass is 10.1. The highest BCUT2D eigenvalue weighted by Crippen LogP contribution is 2.16. The molecule has 0 fully saturated rings. The molecule has 0 unspecified atom stereocenters. The van der Waals surface area contributed by atoms with Crippen molar-refractivity contribution in [2.24, 2.45) is 5.92 Å². The number of hydrogen-bond donors (Lipinski definition) is 0. The fourth-order valence-electron chi connectivity index (χ4n) is 2.12. The van der Waals surface area contributed by atoms with Crippen molar-refractivity contribution in [3.63, 3.8) is 0 Å². The van der Waals surface area contributed by atoms with Crippen LogP contribution in [0.2, 0.25) is 0 Å². The molecule has 0 amide bonds. The van der Waals surface area contributed by atoms with Gasteiger partial charge in [0.25, 0.3) is 5.56 Å². The second-order valence-corrected chi connectivity index (χ2v) is 5.41. The number of rotatable bonds is 5. The summed E-state index contributed by atoms with van der Waals surface area (Å²) in [4.78, 5) is 24.4. The molecule has 0 spiro atoms. The molecule has 116 valence electrons. The average Bonchev–Trinajstić information content (AvgIpc) is 2.50. The number of ether oxygens (including phenoxy) is 1. The zero-order valence-electron chi connectivity index (χ0n) is 13.1. The van der Waals surface area contributed by atoms with Crippen LogP contribution in [0.25, 0.3) is 11.3 Å². The first-order valence-electron chi connectivity index (χ1n) is 7.37. The highest BCUT2D eigenvalue weighted by molar-refractivity contribution is 5.90. The van der Waals surface area contributed by atoms with Crippen LogP contribution in [-0.4, -0.2) is 22.4 Å². The fourth-order valence-corrected chi connectivity index (χ4v) is 2.12. The molecule has 0 saturated heterocycles. The summed E-state index contributed by atoms with van der Waals surface area (Å²) in [6, 6.07) is 11.0. The quantitative estimate of drug-likeness (QED) is 0.797. The number of carbonyl (C=O) groups is 1. The molecule has 0 aliphatic rings. The van der Waals surface area contributed by atoms with Gasteiger partial charge < -0.3 is 4.74 Å². The Morgan fingerprint density at radius 1 is 1.27 bits per heavy atom. The van der Waals surface area contributed by atoms with Crippen LogP contribution in [0.3, 0.4) is 0 Å². The van der Waals surface area contributed by atoms with Crippen LogP contribution in [0.15, 0.2) is 41.2 Å². The van der Waals surface area contributed by atoms with Crippen LogP contribution >= 0.6 is 0 Å². The van der Waals surface area contributed by atoms with E-state index in [1.54, 1.807) is 6.92 Å². The Bertz CT molecular complexity index is 706. The zero-order valence-corrected chi connectivity index (χ0v) is 13.1. The minimum atomic E-state index is -0.607. The van der Waals surface area contributed by atoms with Crippen LogP contribution in [-0.2, 0) is 11.3 Å². The van der Waals surface area contributed by atoms with E-state index < -0.39 is 11.5 Å². The maximum Gasteiger partial charge on any atom is 0.343 e. The summed E-state index contributed by atoms with van der Waals surface area (Å²) in [5, 5.41) is 4.38. The third kappa shape index (κ3) is 3.61. The Morgan fingerprint density at radius 3 is 2.55 bits per heavy atom. The number of benzene rings is 1. The summed E-state index contributed by atoms with van der Waals surface area (Å²) in [6.07, 6.45) is 0. The Kier molecular flexibility index (Phi) is 5.09. The van der Waals surface area contributed by atoms with Crippen molar-refractivity contribution in [3.05, 3.63) is 52.3 Å². The van der Waals surface area contributed by atoms with E-state index in [9.17, 15) is 9.59 Å². The Hall–Kier alpha value is -2.43. The van der Waals surface area contributed by atoms with Gasteiger partial charge in [-0.15, -0.1) is 0 Å². The van der Waals surface area contributed by atoms with Gasteiger partial charge in [0.1, 0.15) is 5.56 Å². The minimum absolute atomic E-state index is 0.0244. The zero-order chi connectivity index (χ0) is 16.1. The van der Waals surface area contributed by atoms with Crippen molar-refractivity contribution in [2.45, 2.75) is 27.3 Å². The molecule has 0 saturated carbocycles. The van der Waals surface area contributed by atoms with Gasteiger partial charge >= 0.3 is 5.97 Å². The van der Waals surface area contributed by atoms with Gasteiger partial charge in [0.2, 0.25) is 0 Å². The lowest BCUT2D eigenvalue weighted by molar-refractivity contribution is 0.0523. The predicted molar refractivity (Wildman–Crippen MR) is 84.7 cm³/mol. The molecule has 5 heteroatoms. The molecule has 0 N–H and O–H groups in total. The van der Waals surface area contributed by atoms with Gasteiger partial charge in [-0.3, -0.25) is 4.79 Å². The molecule has 0 bridgehead atoms. The number of nitrogens with zero attached hydrogens (tertiary/aromatic N) is 2. The van der Waals surface area contributed by atoms with E-state index in [2.05, 4.69) is 5.10 Å². The Labute approximate surface area is 129 Å². The van der Waals surface area contributed by atoms with E-state index in [0.29, 0.717) is 12.2 Å². The summed E-state index contributed by atoms with van der Waals surface area (Å²) >= 11 is 0. The Balaban J connectivity index is 2.58. The molecular weight excluding hydrogens is 280 g/mol. The molecule has 5 nitrogen and oxygen atoms in total. The smallest absolute Gasteiger partial charge is 0.343 e. The van der Waals surface area contributed by atoms with Crippen molar-refractivity contribution in [3.8, 4) is 11.3 Å². The molecule has 2 aromatic rings. The third-order valence-corrected chi connectivity index (χ3v) is 3.08. The van der Waals surface area contributed by atoms with Gasteiger partial charge in [-0.25, -0.2) is 9.48 Å². The maximum atomic E-state index is 12.4. The minimum Gasteiger partial charge on any atom is -0.462 e. The van der Waals surface area contributed by atoms with Crippen LogP contribution in [0, 0.1) is 5.92 Å². The van der Waals surface area contributed by atoms with E-state index in [0.717, 1.165) is 5.56 Å². The molecule has 0 aliphatic heterocycles. The summed E-state index contributed by atoms with van der Waals surface area (Å²) in [6.45, 7) is 6.38. The summed E-state index contributed by atoms with van der Waals surface area (Å²) < 4.78 is 6.33. The van der Waals surface area contributed by atoms with Crippen LogP contribution in [0.4, 0.5) is 0 Å². The van der Waals surface area contributed by atoms with Crippen LogP contribution in [0.5, 0.6) is 0 Å². The van der Waals surface area contributed by atoms with E-state index in [4.69, 9.17) is 4.74 Å². The normalized spacial score (nSPS) is 10.7. The van der Waals surface area contributed by atoms with Crippen molar-refractivity contribution < 1.29 is 9.53 Å². The van der Waals surface area contributed by atoms with E-state index in [1.807, 2.05) is 44.2 Å². The van der Waals surface area contributed by atoms with E-state index in [1.165, 1.54) is 10.7 Å². The van der Waals surface area contributed by atoms with E-state index >= 15 is 0 Å². The van der Waals surface area contributed by atoms with Crippen LogP contribution in [0.1, 0.15) is 31.1 Å². The first kappa shape index (κ1) is 15.9. The van der Waals surface area contributed by atoms with Crippen molar-refractivity contribution in [1.29, 1.82) is 0 Å². The Morgan fingerprint density at radius 2 is 1.95 bits per heavy atom. The lowest BCUT2D eigenvalue weighted by Crippen LogP contribution is -2.31. The van der Waals surface area contributed by atoms with Crippen molar-refractivity contribution >= 4 is 5.97 Å². The lowest BCUT2D eigenvalue weighted by Gasteiger charge is -2.12. The van der Waals surface area contributed by atoms with Crippen molar-refractivity contribution in [1.82, 2.24) is 9.78 Å². The highest BCUT2D eigenvalue weighted by Gasteiger charge is 2.17. The number of hydrogen-bond acceptors (Lipinski definition) is 4. The van der Waals surface area contributed by atoms with Gasteiger partial charge in [-0.2, -0.15) is 5.10 Å². The van der Waals surface area contributed by atoms with Gasteiger partial charge in [-0.1, -0.05) is 44.2 Å². The SMILES string of the molecule is CCOC(=O)c1cc(-c2ccccc2)nn(CC(C)C)c1=O. The van der Waals surface area contributed by atoms with Gasteiger partial charge in [0, 0.05) is 12.1 Å². The molecule has 2 rings (SSSR count). The van der Waals surface area contributed by atoms with E-state index in [-0.39, 0.29) is 18.1 Å². The monoisotopic (exact) mass is 300 g/mol. The number of aromatic nitrogens is 2. The number of esters is 1. The summed E-state index contributed by atoms with van der Waals surface area (Å²) in [5.74, 6) is -0.365. The maximum absolute atomic E-state index is 12.4. The summed E-state index contributed by atoms with van der Waals surface area (Å²) in [7, 11) is 0. The van der Waals surface area contributed by atoms with Crippen molar-refractivity contribution in [2.75, 3.05) is 6.61 Å². The standard InChI is InChI=1S/C17H20N2O3/c1-4-22-17(21)14-10-15(13-8-6-5-7-9-13)18-19(16(14)20)11-12(2)3/h5-10,12H,4,11H2,1-3H3. The largest absolute Gasteiger partial charge is 0.462 e. The first-order valence-corrected chi connectivity index (χ1v) is 7.37. The topological polar surface area (TPSA) is 61.2 Å². The molecule has 1 aromatic carbocycles. The molecular formula is C17H20N2O3. The second kappa shape index (κ2) is 7.02. The predicted octanol–water partition coefficient (Wildman–Crippen LogP) is 2.74. The molecule has 1 heterocycles. The summed E-state index contributed by atoms with van der Waals surface area (Å²) in [5.41, 5.74) is 1.05. The molecule has 1 aromatic heterocycles. The molecule has 0 radical (unpaired) electrons. The fraction of sp³-hybridized carbons (Fsp3) is 0.353. The molecule has 22 heavy (non-hydrogen) atoms. The average molecular weight is 300 g/mol. The van der Waals surface area contributed by atoms with Gasteiger partial charge in [0.05, 0.1) is 12.3 Å². The van der Waals surface area contributed by atoms with Gasteiger partial charge in [0.15, 0.2) is 0 Å². The number of carbonyl (C=O) groups excluding carboxylic acids is 1. The first-order chi connectivity index (χ1) is 10.5. The second-order valence-electron chi connectivity index (χ2n) is 5.41. The third-order valence-electron chi connectivity index (χ3n) is 3.08. The highest BCUT2D eigenvalue weighted by atomic mass is 16.5.